The van der Waals surface area contributed by atoms with Crippen LogP contribution in [0, 0.1) is 5.92 Å². The summed E-state index contributed by atoms with van der Waals surface area (Å²) >= 11 is 0. The van der Waals surface area contributed by atoms with Crippen molar-refractivity contribution in [2.45, 2.75) is 19.8 Å². The molecule has 1 N–H and O–H groups in total. The zero-order valence-corrected chi connectivity index (χ0v) is 8.07. The number of nitrogens with zero attached hydrogens (tertiary/aromatic N) is 1. The van der Waals surface area contributed by atoms with Crippen LogP contribution in [-0.2, 0) is 4.79 Å². The molecule has 3 nitrogen and oxygen atoms in total. The molecule has 0 aromatic carbocycles. The van der Waals surface area contributed by atoms with Crippen LogP contribution in [0.4, 0.5) is 0 Å². The summed E-state index contributed by atoms with van der Waals surface area (Å²) in [4.78, 5) is 12.6. The Balaban J connectivity index is 2.20. The van der Waals surface area contributed by atoms with Gasteiger partial charge in [0.05, 0.1) is 0 Å². The van der Waals surface area contributed by atoms with E-state index in [1.54, 1.807) is 6.08 Å². The van der Waals surface area contributed by atoms with Gasteiger partial charge in [-0.1, -0.05) is 13.0 Å². The van der Waals surface area contributed by atoms with E-state index in [2.05, 4.69) is 11.8 Å². The predicted molar refractivity (Wildman–Crippen MR) is 51.6 cm³/mol. The third-order valence-electron chi connectivity index (χ3n) is 2.55. The van der Waals surface area contributed by atoms with Gasteiger partial charge in [-0.05, 0) is 31.8 Å². The van der Waals surface area contributed by atoms with Crippen molar-refractivity contribution in [2.75, 3.05) is 19.6 Å². The number of hydrogen-bond acceptors (Lipinski definition) is 2. The Morgan fingerprint density at radius 3 is 3.00 bits per heavy atom. The first kappa shape index (κ1) is 10.3. The van der Waals surface area contributed by atoms with Gasteiger partial charge < -0.3 is 10.0 Å². The van der Waals surface area contributed by atoms with Crippen molar-refractivity contribution in [3.05, 3.63) is 12.2 Å². The summed E-state index contributed by atoms with van der Waals surface area (Å²) in [6.45, 7) is 5.57. The highest BCUT2D eigenvalue weighted by atomic mass is 16.4. The molecule has 1 fully saturated rings. The highest BCUT2D eigenvalue weighted by Gasteiger charge is 2.19. The average Bonchev–Trinajstić information content (AvgIpc) is 2.52. The molecule has 3 heteroatoms. The lowest BCUT2D eigenvalue weighted by atomic mass is 10.1. The Morgan fingerprint density at radius 1 is 1.69 bits per heavy atom. The summed E-state index contributed by atoms with van der Waals surface area (Å²) in [5.41, 5.74) is 0. The zero-order chi connectivity index (χ0) is 9.68. The Morgan fingerprint density at radius 2 is 2.46 bits per heavy atom. The number of rotatable bonds is 4. The molecule has 1 unspecified atom stereocenters. The quantitative estimate of drug-likeness (QED) is 0.669. The van der Waals surface area contributed by atoms with Gasteiger partial charge in [-0.3, -0.25) is 0 Å². The second-order valence-corrected chi connectivity index (χ2v) is 3.52. The van der Waals surface area contributed by atoms with E-state index in [0.717, 1.165) is 19.5 Å². The third kappa shape index (κ3) is 3.59. The molecule has 0 saturated carbocycles. The predicted octanol–water partition coefficient (Wildman–Crippen LogP) is 1.36. The minimum absolute atomic E-state index is 0.663. The summed E-state index contributed by atoms with van der Waals surface area (Å²) in [6, 6.07) is 0. The van der Waals surface area contributed by atoms with Gasteiger partial charge in [-0.2, -0.15) is 0 Å². The summed E-state index contributed by atoms with van der Waals surface area (Å²) in [6.07, 6.45) is 5.13. The molecule has 0 aromatic heterocycles. The molecule has 1 heterocycles. The lowest BCUT2D eigenvalue weighted by Crippen LogP contribution is -2.19. The maximum atomic E-state index is 10.2. The molecule has 13 heavy (non-hydrogen) atoms. The molecule has 0 spiro atoms. The molecule has 1 aliphatic heterocycles. The van der Waals surface area contributed by atoms with Gasteiger partial charge in [-0.15, -0.1) is 0 Å². The van der Waals surface area contributed by atoms with Gasteiger partial charge in [0.25, 0.3) is 0 Å². The number of carboxylic acids is 1. The summed E-state index contributed by atoms with van der Waals surface area (Å²) < 4.78 is 0. The number of hydrogen-bond donors (Lipinski definition) is 1. The molecule has 1 atom stereocenters. The van der Waals surface area contributed by atoms with E-state index in [0.29, 0.717) is 5.92 Å². The molecule has 1 aliphatic rings. The third-order valence-corrected chi connectivity index (χ3v) is 2.55. The van der Waals surface area contributed by atoms with Crippen molar-refractivity contribution < 1.29 is 9.90 Å². The number of likely N-dealkylation sites (tertiary alicyclic amines) is 1. The molecule has 74 valence electrons. The molecule has 0 amide bonds. The lowest BCUT2D eigenvalue weighted by Gasteiger charge is -2.11. The first-order chi connectivity index (χ1) is 6.22. The van der Waals surface area contributed by atoms with Gasteiger partial charge in [-0.25, -0.2) is 4.79 Å². The van der Waals surface area contributed by atoms with E-state index in [4.69, 9.17) is 5.11 Å². The summed E-state index contributed by atoms with van der Waals surface area (Å²) in [5.74, 6) is -0.180. The van der Waals surface area contributed by atoms with Crippen molar-refractivity contribution in [2.24, 2.45) is 5.92 Å². The molecule has 0 aliphatic carbocycles. The van der Waals surface area contributed by atoms with Gasteiger partial charge in [0, 0.05) is 12.6 Å². The van der Waals surface area contributed by atoms with Gasteiger partial charge in [0.1, 0.15) is 0 Å². The van der Waals surface area contributed by atoms with Gasteiger partial charge in [0.15, 0.2) is 0 Å². The Bertz CT molecular complexity index is 201. The summed E-state index contributed by atoms with van der Waals surface area (Å²) in [7, 11) is 0. The largest absolute Gasteiger partial charge is 0.478 e. The van der Waals surface area contributed by atoms with Gasteiger partial charge >= 0.3 is 5.97 Å². The summed E-state index contributed by atoms with van der Waals surface area (Å²) in [5, 5.41) is 8.39. The fourth-order valence-corrected chi connectivity index (χ4v) is 1.75. The van der Waals surface area contributed by atoms with E-state index in [9.17, 15) is 4.79 Å². The van der Waals surface area contributed by atoms with Crippen LogP contribution in [0.25, 0.3) is 0 Å². The van der Waals surface area contributed by atoms with Crippen molar-refractivity contribution >= 4 is 5.97 Å². The van der Waals surface area contributed by atoms with E-state index >= 15 is 0 Å². The first-order valence-corrected chi connectivity index (χ1v) is 4.84. The van der Waals surface area contributed by atoms with Gasteiger partial charge in [0.2, 0.25) is 0 Å². The van der Waals surface area contributed by atoms with Crippen LogP contribution in [0.5, 0.6) is 0 Å². The average molecular weight is 183 g/mol. The highest BCUT2D eigenvalue weighted by molar-refractivity contribution is 5.79. The van der Waals surface area contributed by atoms with Crippen LogP contribution >= 0.6 is 0 Å². The highest BCUT2D eigenvalue weighted by Crippen LogP contribution is 2.19. The SMILES string of the molecule is CCN1CCC(C/C=C\C(=O)O)C1. The molecular formula is C10H17NO2. The maximum Gasteiger partial charge on any atom is 0.327 e. The fraction of sp³-hybridized carbons (Fsp3) is 0.700. The molecular weight excluding hydrogens is 166 g/mol. The van der Waals surface area contributed by atoms with Crippen LogP contribution in [0.2, 0.25) is 0 Å². The van der Waals surface area contributed by atoms with E-state index in [1.807, 2.05) is 0 Å². The van der Waals surface area contributed by atoms with Crippen molar-refractivity contribution in [1.29, 1.82) is 0 Å². The number of aliphatic carboxylic acids is 1. The van der Waals surface area contributed by atoms with Crippen molar-refractivity contribution in [3.63, 3.8) is 0 Å². The van der Waals surface area contributed by atoms with Crippen molar-refractivity contribution in [1.82, 2.24) is 4.90 Å². The second kappa shape index (κ2) is 5.02. The molecule has 1 rings (SSSR count). The standard InChI is InChI=1S/C10H17NO2/c1-2-11-7-6-9(8-11)4-3-5-10(12)13/h3,5,9H,2,4,6-8H2,1H3,(H,12,13)/b5-3-. The minimum Gasteiger partial charge on any atom is -0.478 e. The number of allylic oxidation sites excluding steroid dienone is 1. The number of carboxylic acid groups (broad SMARTS) is 1. The second-order valence-electron chi connectivity index (χ2n) is 3.52. The van der Waals surface area contributed by atoms with E-state index in [1.165, 1.54) is 19.0 Å². The van der Waals surface area contributed by atoms with Crippen molar-refractivity contribution in [3.8, 4) is 0 Å². The van der Waals surface area contributed by atoms with Crippen LogP contribution < -0.4 is 0 Å². The Labute approximate surface area is 79.0 Å². The van der Waals surface area contributed by atoms with Crippen LogP contribution in [0.15, 0.2) is 12.2 Å². The smallest absolute Gasteiger partial charge is 0.327 e. The minimum atomic E-state index is -0.842. The first-order valence-electron chi connectivity index (χ1n) is 4.84. The molecule has 1 saturated heterocycles. The van der Waals surface area contributed by atoms with Crippen LogP contribution in [0.3, 0.4) is 0 Å². The fourth-order valence-electron chi connectivity index (χ4n) is 1.75. The van der Waals surface area contributed by atoms with E-state index in [-0.39, 0.29) is 0 Å². The monoisotopic (exact) mass is 183 g/mol. The Hall–Kier alpha value is -0.830. The van der Waals surface area contributed by atoms with Crippen LogP contribution in [-0.4, -0.2) is 35.6 Å². The molecule has 0 bridgehead atoms. The molecule has 0 aromatic rings. The zero-order valence-electron chi connectivity index (χ0n) is 8.07. The number of carbonyl (C=O) groups is 1. The maximum absolute atomic E-state index is 10.2. The topological polar surface area (TPSA) is 40.5 Å². The molecule has 0 radical (unpaired) electrons. The lowest BCUT2D eigenvalue weighted by molar-refractivity contribution is -0.131. The Kier molecular flexibility index (Phi) is 3.96. The van der Waals surface area contributed by atoms with Crippen LogP contribution in [0.1, 0.15) is 19.8 Å². The van der Waals surface area contributed by atoms with E-state index < -0.39 is 5.97 Å². The normalized spacial score (nSPS) is 24.2.